The Morgan fingerprint density at radius 3 is 2.06 bits per heavy atom. The van der Waals surface area contributed by atoms with Crippen molar-refractivity contribution in [3.63, 3.8) is 0 Å². The van der Waals surface area contributed by atoms with Crippen LogP contribution in [-0.2, 0) is 11.3 Å². The van der Waals surface area contributed by atoms with E-state index in [-0.39, 0.29) is 11.8 Å². The lowest BCUT2D eigenvalue weighted by Crippen LogP contribution is -2.51. The van der Waals surface area contributed by atoms with Crippen LogP contribution in [0.15, 0.2) is 66.7 Å². The lowest BCUT2D eigenvalue weighted by molar-refractivity contribution is -0.122. The van der Waals surface area contributed by atoms with Gasteiger partial charge in [0, 0.05) is 55.4 Å². The van der Waals surface area contributed by atoms with E-state index < -0.39 is 0 Å². The van der Waals surface area contributed by atoms with E-state index in [1.165, 1.54) is 11.4 Å². The van der Waals surface area contributed by atoms with Crippen molar-refractivity contribution < 1.29 is 9.59 Å². The van der Waals surface area contributed by atoms with Crippen LogP contribution in [0.1, 0.15) is 27.3 Å². The molecule has 0 unspecified atom stereocenters. The number of carbonyl (C=O) groups excluding carboxylic acids is 2. The molecule has 2 aromatic carbocycles. The maximum absolute atomic E-state index is 12.9. The Bertz CT molecular complexity index is 1050. The number of nitrogens with zero attached hydrogens (tertiary/aromatic N) is 3. The molecular formula is C26H30N4O2. The van der Waals surface area contributed by atoms with Crippen LogP contribution >= 0.6 is 0 Å². The quantitative estimate of drug-likeness (QED) is 0.654. The van der Waals surface area contributed by atoms with E-state index in [0.717, 1.165) is 11.3 Å². The average molecular weight is 431 g/mol. The molecule has 1 saturated heterocycles. The molecule has 0 aliphatic carbocycles. The van der Waals surface area contributed by atoms with Crippen LogP contribution in [0.3, 0.4) is 0 Å². The van der Waals surface area contributed by atoms with Crippen molar-refractivity contribution >= 4 is 11.8 Å². The number of carbonyl (C=O) groups is 2. The zero-order valence-corrected chi connectivity index (χ0v) is 18.8. The van der Waals surface area contributed by atoms with Crippen molar-refractivity contribution in [2.75, 3.05) is 32.7 Å². The Balaban J connectivity index is 1.26. The number of aromatic nitrogens is 1. The maximum Gasteiger partial charge on any atom is 0.253 e. The van der Waals surface area contributed by atoms with Crippen LogP contribution in [0.4, 0.5) is 0 Å². The van der Waals surface area contributed by atoms with E-state index in [1.54, 1.807) is 0 Å². The largest absolute Gasteiger partial charge is 0.351 e. The maximum atomic E-state index is 12.9. The fourth-order valence-corrected chi connectivity index (χ4v) is 4.18. The molecule has 2 heterocycles. The molecule has 1 aliphatic heterocycles. The molecule has 0 atom stereocenters. The number of amides is 2. The van der Waals surface area contributed by atoms with Crippen LogP contribution in [0.2, 0.25) is 0 Å². The third kappa shape index (κ3) is 5.08. The molecule has 0 spiro atoms. The van der Waals surface area contributed by atoms with Crippen LogP contribution in [0.5, 0.6) is 0 Å². The first-order chi connectivity index (χ1) is 15.5. The topological polar surface area (TPSA) is 57.6 Å². The van der Waals surface area contributed by atoms with Gasteiger partial charge in [0.2, 0.25) is 5.91 Å². The molecule has 1 fully saturated rings. The SMILES string of the molecule is Cc1ccc(C)n1-c1ccc(C(=O)N2CCN(CC(=O)NCc3ccccc3)CC2)cc1. The molecule has 0 bridgehead atoms. The zero-order chi connectivity index (χ0) is 22.5. The Hall–Kier alpha value is -3.38. The van der Waals surface area contributed by atoms with E-state index in [1.807, 2.05) is 59.5 Å². The first-order valence-electron chi connectivity index (χ1n) is 11.1. The van der Waals surface area contributed by atoms with Crippen LogP contribution in [0.25, 0.3) is 5.69 Å². The minimum atomic E-state index is 0.0137. The predicted octanol–water partition coefficient (Wildman–Crippen LogP) is 3.17. The second-order valence-corrected chi connectivity index (χ2v) is 8.33. The Labute approximate surface area is 189 Å². The van der Waals surface area contributed by atoms with E-state index in [2.05, 4.69) is 40.8 Å². The van der Waals surface area contributed by atoms with Crippen molar-refractivity contribution in [2.24, 2.45) is 0 Å². The van der Waals surface area contributed by atoms with E-state index in [0.29, 0.717) is 44.8 Å². The van der Waals surface area contributed by atoms with Crippen LogP contribution in [-0.4, -0.2) is 58.9 Å². The van der Waals surface area contributed by atoms with Gasteiger partial charge < -0.3 is 14.8 Å². The second-order valence-electron chi connectivity index (χ2n) is 8.33. The highest BCUT2D eigenvalue weighted by Gasteiger charge is 2.23. The van der Waals surface area contributed by atoms with E-state index in [4.69, 9.17) is 0 Å². The molecule has 0 radical (unpaired) electrons. The molecule has 1 N–H and O–H groups in total. The molecule has 3 aromatic rings. The van der Waals surface area contributed by atoms with Gasteiger partial charge in [0.1, 0.15) is 0 Å². The molecule has 32 heavy (non-hydrogen) atoms. The number of hydrogen-bond donors (Lipinski definition) is 1. The van der Waals surface area contributed by atoms with Gasteiger partial charge in [-0.25, -0.2) is 0 Å². The van der Waals surface area contributed by atoms with Crippen LogP contribution in [0, 0.1) is 13.8 Å². The smallest absolute Gasteiger partial charge is 0.253 e. The average Bonchev–Trinajstić information content (AvgIpc) is 3.16. The molecule has 166 valence electrons. The molecule has 6 nitrogen and oxygen atoms in total. The third-order valence-corrected chi connectivity index (χ3v) is 6.00. The number of hydrogen-bond acceptors (Lipinski definition) is 3. The normalized spacial score (nSPS) is 14.4. The Morgan fingerprint density at radius 2 is 1.44 bits per heavy atom. The summed E-state index contributed by atoms with van der Waals surface area (Å²) < 4.78 is 2.18. The molecule has 1 aliphatic rings. The Kier molecular flexibility index (Phi) is 6.71. The second kappa shape index (κ2) is 9.83. The molecular weight excluding hydrogens is 400 g/mol. The van der Waals surface area contributed by atoms with Crippen LogP contribution < -0.4 is 5.32 Å². The minimum absolute atomic E-state index is 0.0137. The number of rotatable bonds is 6. The molecule has 2 amide bonds. The number of benzene rings is 2. The number of nitrogens with one attached hydrogen (secondary N) is 1. The van der Waals surface area contributed by atoms with Gasteiger partial charge in [-0.2, -0.15) is 0 Å². The molecule has 0 saturated carbocycles. The van der Waals surface area contributed by atoms with E-state index >= 15 is 0 Å². The summed E-state index contributed by atoms with van der Waals surface area (Å²) in [6.07, 6.45) is 0. The van der Waals surface area contributed by atoms with Gasteiger partial charge in [0.05, 0.1) is 6.54 Å². The van der Waals surface area contributed by atoms with Gasteiger partial charge in [-0.15, -0.1) is 0 Å². The fraction of sp³-hybridized carbons (Fsp3) is 0.308. The summed E-state index contributed by atoms with van der Waals surface area (Å²) in [5.74, 6) is 0.0606. The van der Waals surface area contributed by atoms with Crippen molar-refractivity contribution in [3.8, 4) is 5.69 Å². The summed E-state index contributed by atoms with van der Waals surface area (Å²) in [5.41, 5.74) is 5.19. The first-order valence-corrected chi connectivity index (χ1v) is 11.1. The molecule has 1 aromatic heterocycles. The highest BCUT2D eigenvalue weighted by atomic mass is 16.2. The summed E-state index contributed by atoms with van der Waals surface area (Å²) in [7, 11) is 0. The first kappa shape index (κ1) is 21.8. The standard InChI is InChI=1S/C26H30N4O2/c1-20-8-9-21(2)30(20)24-12-10-23(11-13-24)26(32)29-16-14-28(15-17-29)19-25(31)27-18-22-6-4-3-5-7-22/h3-13H,14-19H2,1-2H3,(H,27,31). The summed E-state index contributed by atoms with van der Waals surface area (Å²) in [6, 6.07) is 21.9. The summed E-state index contributed by atoms with van der Waals surface area (Å²) in [6.45, 7) is 7.70. The highest BCUT2D eigenvalue weighted by Crippen LogP contribution is 2.18. The molecule has 4 rings (SSSR count). The summed E-state index contributed by atoms with van der Waals surface area (Å²) in [5, 5.41) is 2.97. The Morgan fingerprint density at radius 1 is 0.812 bits per heavy atom. The third-order valence-electron chi connectivity index (χ3n) is 6.00. The van der Waals surface area contributed by atoms with Gasteiger partial charge in [-0.05, 0) is 55.8 Å². The monoisotopic (exact) mass is 430 g/mol. The van der Waals surface area contributed by atoms with Gasteiger partial charge in [-0.1, -0.05) is 30.3 Å². The summed E-state index contributed by atoms with van der Waals surface area (Å²) >= 11 is 0. The van der Waals surface area contributed by atoms with Gasteiger partial charge in [-0.3, -0.25) is 14.5 Å². The van der Waals surface area contributed by atoms with Crippen molar-refractivity contribution in [3.05, 3.63) is 89.2 Å². The zero-order valence-electron chi connectivity index (χ0n) is 18.8. The van der Waals surface area contributed by atoms with Gasteiger partial charge in [0.15, 0.2) is 0 Å². The number of piperazine rings is 1. The van der Waals surface area contributed by atoms with E-state index in [9.17, 15) is 9.59 Å². The minimum Gasteiger partial charge on any atom is -0.351 e. The fourth-order valence-electron chi connectivity index (χ4n) is 4.18. The predicted molar refractivity (Wildman–Crippen MR) is 126 cm³/mol. The number of aryl methyl sites for hydroxylation is 2. The van der Waals surface area contributed by atoms with Crippen molar-refractivity contribution in [1.82, 2.24) is 19.7 Å². The van der Waals surface area contributed by atoms with Crippen molar-refractivity contribution in [2.45, 2.75) is 20.4 Å². The highest BCUT2D eigenvalue weighted by molar-refractivity contribution is 5.94. The van der Waals surface area contributed by atoms with Gasteiger partial charge >= 0.3 is 0 Å². The lowest BCUT2D eigenvalue weighted by atomic mass is 10.1. The summed E-state index contributed by atoms with van der Waals surface area (Å²) in [4.78, 5) is 29.2. The van der Waals surface area contributed by atoms with Gasteiger partial charge in [0.25, 0.3) is 5.91 Å². The lowest BCUT2D eigenvalue weighted by Gasteiger charge is -2.34. The van der Waals surface area contributed by atoms with Crippen molar-refractivity contribution in [1.29, 1.82) is 0 Å². The molecule has 6 heteroatoms.